The minimum Gasteiger partial charge on any atom is -0.481 e. The molecule has 3 aromatic rings. The summed E-state index contributed by atoms with van der Waals surface area (Å²) in [5, 5.41) is 10.7. The Bertz CT molecular complexity index is 1020. The van der Waals surface area contributed by atoms with Crippen LogP contribution in [0.25, 0.3) is 11.0 Å². The standard InChI is InChI=1S/C25H30FN3O2/c1-17-3-5-18(6-4-17)15-23(30)19-9-12-29(13-10-19)14-11-20-21(26)16-27-22-7-8-24(31-2)28-25(20)22/h3-8,16,19,23,30H,9-15H2,1-2H3. The van der Waals surface area contributed by atoms with E-state index in [1.807, 2.05) is 6.07 Å². The molecule has 1 aliphatic heterocycles. The van der Waals surface area contributed by atoms with Crippen molar-refractivity contribution in [3.8, 4) is 5.88 Å². The lowest BCUT2D eigenvalue weighted by molar-refractivity contribution is 0.0600. The number of piperidine rings is 1. The molecule has 0 aliphatic carbocycles. The van der Waals surface area contributed by atoms with Gasteiger partial charge in [0.25, 0.3) is 0 Å². The van der Waals surface area contributed by atoms with E-state index in [9.17, 15) is 9.50 Å². The van der Waals surface area contributed by atoms with E-state index in [1.54, 1.807) is 13.2 Å². The van der Waals surface area contributed by atoms with Gasteiger partial charge in [0.2, 0.25) is 5.88 Å². The Labute approximate surface area is 182 Å². The van der Waals surface area contributed by atoms with E-state index in [-0.39, 0.29) is 11.9 Å². The molecule has 4 rings (SSSR count). The summed E-state index contributed by atoms with van der Waals surface area (Å²) in [5.74, 6) is 0.447. The first kappa shape index (κ1) is 21.7. The third-order valence-electron chi connectivity index (χ3n) is 6.37. The van der Waals surface area contributed by atoms with Gasteiger partial charge in [-0.3, -0.25) is 4.98 Å². The first-order chi connectivity index (χ1) is 15.0. The predicted octanol–water partition coefficient (Wildman–Crippen LogP) is 3.94. The number of benzene rings is 1. The Morgan fingerprint density at radius 2 is 1.90 bits per heavy atom. The maximum atomic E-state index is 14.5. The number of aryl methyl sites for hydroxylation is 1. The van der Waals surface area contributed by atoms with Crippen molar-refractivity contribution in [2.24, 2.45) is 5.92 Å². The molecule has 1 saturated heterocycles. The SMILES string of the molecule is COc1ccc2ncc(F)c(CCN3CCC(C(O)Cc4ccc(C)cc4)CC3)c2n1. The van der Waals surface area contributed by atoms with Crippen LogP contribution < -0.4 is 4.74 Å². The van der Waals surface area contributed by atoms with Crippen molar-refractivity contribution >= 4 is 11.0 Å². The Balaban J connectivity index is 1.33. The maximum absolute atomic E-state index is 14.5. The summed E-state index contributed by atoms with van der Waals surface area (Å²) in [5.41, 5.74) is 4.26. The lowest BCUT2D eigenvalue weighted by Gasteiger charge is -2.34. The molecule has 164 valence electrons. The molecule has 1 atom stereocenters. The number of aromatic nitrogens is 2. The molecule has 0 bridgehead atoms. The molecule has 1 fully saturated rings. The van der Waals surface area contributed by atoms with Gasteiger partial charge in [-0.05, 0) is 63.2 Å². The number of methoxy groups -OCH3 is 1. The fourth-order valence-corrected chi connectivity index (χ4v) is 4.39. The van der Waals surface area contributed by atoms with E-state index < -0.39 is 0 Å². The largest absolute Gasteiger partial charge is 0.481 e. The van der Waals surface area contributed by atoms with Crippen LogP contribution in [0.1, 0.15) is 29.5 Å². The average molecular weight is 424 g/mol. The zero-order valence-corrected chi connectivity index (χ0v) is 18.2. The minimum atomic E-state index is -0.323. The monoisotopic (exact) mass is 423 g/mol. The first-order valence-corrected chi connectivity index (χ1v) is 11.0. The molecule has 1 aromatic carbocycles. The molecule has 1 aliphatic rings. The van der Waals surface area contributed by atoms with Crippen LogP contribution in [0.4, 0.5) is 4.39 Å². The average Bonchev–Trinajstić information content (AvgIpc) is 2.80. The van der Waals surface area contributed by atoms with E-state index in [4.69, 9.17) is 4.74 Å². The van der Waals surface area contributed by atoms with Gasteiger partial charge in [-0.15, -0.1) is 0 Å². The molecule has 5 nitrogen and oxygen atoms in total. The predicted molar refractivity (Wildman–Crippen MR) is 120 cm³/mol. The van der Waals surface area contributed by atoms with Crippen molar-refractivity contribution in [2.75, 3.05) is 26.7 Å². The Hall–Kier alpha value is -2.57. The number of rotatable bonds is 7. The molecule has 0 spiro atoms. The van der Waals surface area contributed by atoms with Crippen LogP contribution in [-0.4, -0.2) is 52.8 Å². The molecule has 0 saturated carbocycles. The lowest BCUT2D eigenvalue weighted by atomic mass is 9.87. The minimum absolute atomic E-state index is 0.307. The quantitative estimate of drug-likeness (QED) is 0.624. The van der Waals surface area contributed by atoms with Crippen molar-refractivity contribution in [2.45, 2.75) is 38.7 Å². The van der Waals surface area contributed by atoms with E-state index >= 15 is 0 Å². The number of pyridine rings is 2. The van der Waals surface area contributed by atoms with E-state index in [0.29, 0.717) is 41.2 Å². The van der Waals surface area contributed by atoms with Gasteiger partial charge in [0, 0.05) is 18.2 Å². The van der Waals surface area contributed by atoms with E-state index in [2.05, 4.69) is 46.1 Å². The normalized spacial score (nSPS) is 16.5. The summed E-state index contributed by atoms with van der Waals surface area (Å²) < 4.78 is 19.7. The molecular weight excluding hydrogens is 393 g/mol. The third-order valence-corrected chi connectivity index (χ3v) is 6.37. The number of hydrogen-bond donors (Lipinski definition) is 1. The van der Waals surface area contributed by atoms with Crippen molar-refractivity contribution in [1.29, 1.82) is 0 Å². The number of likely N-dealkylation sites (tertiary alicyclic amines) is 1. The number of halogens is 1. The highest BCUT2D eigenvalue weighted by Crippen LogP contribution is 2.25. The van der Waals surface area contributed by atoms with Crippen molar-refractivity contribution < 1.29 is 14.2 Å². The second-order valence-electron chi connectivity index (χ2n) is 8.49. The van der Waals surface area contributed by atoms with Gasteiger partial charge in [0.1, 0.15) is 5.82 Å². The smallest absolute Gasteiger partial charge is 0.213 e. The molecular formula is C25H30FN3O2. The number of aliphatic hydroxyl groups excluding tert-OH is 1. The van der Waals surface area contributed by atoms with Gasteiger partial charge >= 0.3 is 0 Å². The summed E-state index contributed by atoms with van der Waals surface area (Å²) >= 11 is 0. The van der Waals surface area contributed by atoms with Crippen LogP contribution >= 0.6 is 0 Å². The van der Waals surface area contributed by atoms with Crippen molar-refractivity contribution in [3.63, 3.8) is 0 Å². The highest BCUT2D eigenvalue weighted by Gasteiger charge is 2.25. The fourth-order valence-electron chi connectivity index (χ4n) is 4.39. The molecule has 3 heterocycles. The number of nitrogens with zero attached hydrogens (tertiary/aromatic N) is 3. The Morgan fingerprint density at radius 3 is 2.61 bits per heavy atom. The van der Waals surface area contributed by atoms with Crippen LogP contribution in [0.5, 0.6) is 5.88 Å². The zero-order valence-electron chi connectivity index (χ0n) is 18.2. The zero-order chi connectivity index (χ0) is 21.8. The summed E-state index contributed by atoms with van der Waals surface area (Å²) in [6, 6.07) is 11.9. The summed E-state index contributed by atoms with van der Waals surface area (Å²) in [4.78, 5) is 10.9. The summed E-state index contributed by atoms with van der Waals surface area (Å²) in [6.45, 7) is 4.66. The molecule has 1 unspecified atom stereocenters. The highest BCUT2D eigenvalue weighted by molar-refractivity contribution is 5.78. The fraction of sp³-hybridized carbons (Fsp3) is 0.440. The topological polar surface area (TPSA) is 58.5 Å². The van der Waals surface area contributed by atoms with Crippen LogP contribution in [0.3, 0.4) is 0 Å². The van der Waals surface area contributed by atoms with Gasteiger partial charge in [0.05, 0.1) is 30.4 Å². The molecule has 1 N–H and O–H groups in total. The van der Waals surface area contributed by atoms with Gasteiger partial charge < -0.3 is 14.7 Å². The third kappa shape index (κ3) is 5.20. The van der Waals surface area contributed by atoms with Gasteiger partial charge in [0.15, 0.2) is 0 Å². The summed E-state index contributed by atoms with van der Waals surface area (Å²) in [7, 11) is 1.55. The van der Waals surface area contributed by atoms with E-state index in [0.717, 1.165) is 32.5 Å². The van der Waals surface area contributed by atoms with Gasteiger partial charge in [-0.2, -0.15) is 0 Å². The second kappa shape index (κ2) is 9.71. The molecule has 0 amide bonds. The highest BCUT2D eigenvalue weighted by atomic mass is 19.1. The summed E-state index contributed by atoms with van der Waals surface area (Å²) in [6.07, 6.45) is 4.15. The number of hydrogen-bond acceptors (Lipinski definition) is 5. The van der Waals surface area contributed by atoms with Gasteiger partial charge in [-0.1, -0.05) is 29.8 Å². The second-order valence-corrected chi connectivity index (χ2v) is 8.49. The molecule has 6 heteroatoms. The Kier molecular flexibility index (Phi) is 6.78. The van der Waals surface area contributed by atoms with Crippen LogP contribution in [0.15, 0.2) is 42.6 Å². The first-order valence-electron chi connectivity index (χ1n) is 11.0. The molecule has 0 radical (unpaired) electrons. The van der Waals surface area contributed by atoms with Crippen LogP contribution in [-0.2, 0) is 12.8 Å². The number of ether oxygens (including phenoxy) is 1. The van der Waals surface area contributed by atoms with Gasteiger partial charge in [-0.25, -0.2) is 9.37 Å². The van der Waals surface area contributed by atoms with Crippen molar-refractivity contribution in [1.82, 2.24) is 14.9 Å². The molecule has 2 aromatic heterocycles. The van der Waals surface area contributed by atoms with E-state index in [1.165, 1.54) is 17.3 Å². The lowest BCUT2D eigenvalue weighted by Crippen LogP contribution is -2.39. The Morgan fingerprint density at radius 1 is 1.16 bits per heavy atom. The maximum Gasteiger partial charge on any atom is 0.213 e. The van der Waals surface area contributed by atoms with Crippen molar-refractivity contribution in [3.05, 3.63) is 65.1 Å². The number of aliphatic hydroxyl groups is 1. The van der Waals surface area contributed by atoms with Crippen LogP contribution in [0.2, 0.25) is 0 Å². The number of fused-ring (bicyclic) bond motifs is 1. The van der Waals surface area contributed by atoms with Crippen LogP contribution in [0, 0.1) is 18.7 Å². The molecule has 31 heavy (non-hydrogen) atoms.